The van der Waals surface area contributed by atoms with E-state index in [1.54, 1.807) is 4.57 Å². The van der Waals surface area contributed by atoms with Crippen LogP contribution in [-0.2, 0) is 6.54 Å². The van der Waals surface area contributed by atoms with Gasteiger partial charge in [0.1, 0.15) is 17.2 Å². The highest BCUT2D eigenvalue weighted by atomic mass is 32.2. The molecule has 0 amide bonds. The largest absolute Gasteiger partial charge is 0.373 e. The zero-order valence-corrected chi connectivity index (χ0v) is 11.9. The first-order valence-electron chi connectivity index (χ1n) is 5.99. The molecule has 0 spiro atoms. The highest BCUT2D eigenvalue weighted by molar-refractivity contribution is 7.99. The number of aromatic amines is 1. The number of anilines is 1. The van der Waals surface area contributed by atoms with E-state index in [0.717, 1.165) is 22.8 Å². The lowest BCUT2D eigenvalue weighted by Gasteiger charge is -2.08. The van der Waals surface area contributed by atoms with Crippen molar-refractivity contribution in [3.63, 3.8) is 0 Å². The first kappa shape index (κ1) is 13.6. The van der Waals surface area contributed by atoms with E-state index in [1.807, 2.05) is 20.9 Å². The summed E-state index contributed by atoms with van der Waals surface area (Å²) in [6.45, 7) is 4.59. The van der Waals surface area contributed by atoms with E-state index in [4.69, 9.17) is 0 Å². The first-order valence-corrected chi connectivity index (χ1v) is 6.81. The molecule has 0 aromatic carbocycles. The monoisotopic (exact) mass is 280 g/mol. The predicted octanol–water partition coefficient (Wildman–Crippen LogP) is 1.27. The van der Waals surface area contributed by atoms with Crippen LogP contribution in [0.25, 0.3) is 0 Å². The van der Waals surface area contributed by atoms with Gasteiger partial charge in [0.2, 0.25) is 0 Å². The Labute approximate surface area is 114 Å². The van der Waals surface area contributed by atoms with Crippen LogP contribution in [-0.4, -0.2) is 31.8 Å². The Morgan fingerprint density at radius 2 is 2.26 bits per heavy atom. The molecule has 0 fully saturated rings. The number of nitrogens with one attached hydrogen (secondary N) is 2. The van der Waals surface area contributed by atoms with Crippen molar-refractivity contribution in [3.8, 4) is 0 Å². The molecule has 7 nitrogen and oxygen atoms in total. The third-order valence-electron chi connectivity index (χ3n) is 2.63. The Morgan fingerprint density at radius 1 is 1.47 bits per heavy atom. The van der Waals surface area contributed by atoms with E-state index in [-0.39, 0.29) is 5.69 Å². The average molecular weight is 280 g/mol. The summed E-state index contributed by atoms with van der Waals surface area (Å²) < 4.78 is 1.62. The fourth-order valence-electron chi connectivity index (χ4n) is 1.68. The quantitative estimate of drug-likeness (QED) is 0.802. The zero-order valence-electron chi connectivity index (χ0n) is 11.1. The van der Waals surface area contributed by atoms with Crippen LogP contribution in [0.4, 0.5) is 5.82 Å². The van der Waals surface area contributed by atoms with E-state index in [1.165, 1.54) is 18.1 Å². The number of hydrogen-bond donors (Lipinski definition) is 2. The van der Waals surface area contributed by atoms with Crippen LogP contribution in [0.5, 0.6) is 0 Å². The molecule has 2 rings (SSSR count). The van der Waals surface area contributed by atoms with Gasteiger partial charge in [-0.15, -0.1) is 5.10 Å². The zero-order chi connectivity index (χ0) is 13.8. The second-order valence-electron chi connectivity index (χ2n) is 3.97. The molecule has 2 aromatic heterocycles. The summed E-state index contributed by atoms with van der Waals surface area (Å²) in [5.41, 5.74) is 0.749. The summed E-state index contributed by atoms with van der Waals surface area (Å²) >= 11 is 1.36. The topological polar surface area (TPSA) is 88.5 Å². The van der Waals surface area contributed by atoms with E-state index < -0.39 is 0 Å². The molecule has 8 heteroatoms. The molecular formula is C11H16N6OS. The maximum Gasteiger partial charge on any atom is 0.343 e. The highest BCUT2D eigenvalue weighted by Gasteiger charge is 2.13. The van der Waals surface area contributed by atoms with E-state index >= 15 is 0 Å². The third-order valence-corrected chi connectivity index (χ3v) is 3.73. The van der Waals surface area contributed by atoms with Crippen LogP contribution in [0.3, 0.4) is 0 Å². The van der Waals surface area contributed by atoms with Gasteiger partial charge in [-0.1, -0.05) is 6.92 Å². The molecule has 2 N–H and O–H groups in total. The van der Waals surface area contributed by atoms with Crippen molar-refractivity contribution in [1.29, 1.82) is 0 Å². The molecule has 102 valence electrons. The molecule has 0 aliphatic rings. The lowest BCUT2D eigenvalue weighted by molar-refractivity contribution is 0.603. The third kappa shape index (κ3) is 2.78. The average Bonchev–Trinajstić information content (AvgIpc) is 2.74. The summed E-state index contributed by atoms with van der Waals surface area (Å²) in [4.78, 5) is 20.0. The van der Waals surface area contributed by atoms with Crippen LogP contribution in [0.15, 0.2) is 21.3 Å². The van der Waals surface area contributed by atoms with Gasteiger partial charge >= 0.3 is 5.69 Å². The van der Waals surface area contributed by atoms with Gasteiger partial charge in [0.05, 0.1) is 0 Å². The molecule has 2 aromatic rings. The second-order valence-corrected chi connectivity index (χ2v) is 4.92. The molecule has 0 saturated carbocycles. The minimum Gasteiger partial charge on any atom is -0.373 e. The predicted molar refractivity (Wildman–Crippen MR) is 73.6 cm³/mol. The van der Waals surface area contributed by atoms with Gasteiger partial charge in [-0.25, -0.2) is 19.9 Å². The minimum atomic E-state index is -0.190. The molecule has 0 radical (unpaired) electrons. The molecule has 2 heterocycles. The number of aromatic nitrogens is 5. The van der Waals surface area contributed by atoms with Crippen LogP contribution in [0.1, 0.15) is 18.9 Å². The Bertz CT molecular complexity index is 620. The summed E-state index contributed by atoms with van der Waals surface area (Å²) in [6.07, 6.45) is 2.37. The summed E-state index contributed by atoms with van der Waals surface area (Å²) in [6, 6.07) is 0. The SMILES string of the molecule is CCCn1c(Sc2ncnc(NC)c2C)n[nH]c1=O. The molecule has 19 heavy (non-hydrogen) atoms. The van der Waals surface area contributed by atoms with E-state index in [2.05, 4.69) is 25.5 Å². The Kier molecular flexibility index (Phi) is 4.20. The van der Waals surface area contributed by atoms with Gasteiger partial charge in [-0.2, -0.15) is 0 Å². The fraction of sp³-hybridized carbons (Fsp3) is 0.455. The van der Waals surface area contributed by atoms with E-state index in [9.17, 15) is 4.79 Å². The number of hydrogen-bond acceptors (Lipinski definition) is 6. The highest BCUT2D eigenvalue weighted by Crippen LogP contribution is 2.28. The summed E-state index contributed by atoms with van der Waals surface area (Å²) in [5, 5.41) is 10.9. The molecule has 0 aliphatic heterocycles. The Hall–Kier alpha value is -1.83. The van der Waals surface area contributed by atoms with Crippen molar-refractivity contribution in [2.45, 2.75) is 37.0 Å². The van der Waals surface area contributed by atoms with Crippen LogP contribution < -0.4 is 11.0 Å². The number of H-pyrrole nitrogens is 1. The van der Waals surface area contributed by atoms with Gasteiger partial charge in [0.15, 0.2) is 5.16 Å². The van der Waals surface area contributed by atoms with Crippen LogP contribution >= 0.6 is 11.8 Å². The maximum atomic E-state index is 11.6. The molecule has 0 atom stereocenters. The van der Waals surface area contributed by atoms with Crippen LogP contribution in [0, 0.1) is 6.92 Å². The maximum absolute atomic E-state index is 11.6. The minimum absolute atomic E-state index is 0.190. The molecule has 0 bridgehead atoms. The van der Waals surface area contributed by atoms with Gasteiger partial charge in [-0.3, -0.25) is 4.57 Å². The second kappa shape index (κ2) is 5.87. The van der Waals surface area contributed by atoms with Crippen molar-refractivity contribution in [1.82, 2.24) is 24.7 Å². The normalized spacial score (nSPS) is 10.7. The number of nitrogens with zero attached hydrogens (tertiary/aromatic N) is 4. The standard InChI is InChI=1S/C11H16N6OS/c1-4-5-17-10(18)15-16-11(17)19-9-7(2)8(12-3)13-6-14-9/h6H,4-5H2,1-3H3,(H,15,18)(H,12,13,14). The van der Waals surface area contributed by atoms with Gasteiger partial charge in [0.25, 0.3) is 0 Å². The van der Waals surface area contributed by atoms with Crippen LogP contribution in [0.2, 0.25) is 0 Å². The van der Waals surface area contributed by atoms with Crippen molar-refractivity contribution in [3.05, 3.63) is 22.4 Å². The lowest BCUT2D eigenvalue weighted by Crippen LogP contribution is -2.17. The van der Waals surface area contributed by atoms with Crippen molar-refractivity contribution in [2.75, 3.05) is 12.4 Å². The lowest BCUT2D eigenvalue weighted by atomic mass is 10.3. The Balaban J connectivity index is 2.34. The van der Waals surface area contributed by atoms with Gasteiger partial charge < -0.3 is 5.32 Å². The Morgan fingerprint density at radius 3 is 2.95 bits per heavy atom. The summed E-state index contributed by atoms with van der Waals surface area (Å²) in [5.74, 6) is 0.775. The van der Waals surface area contributed by atoms with E-state index in [0.29, 0.717) is 11.7 Å². The van der Waals surface area contributed by atoms with Crippen molar-refractivity contribution >= 4 is 17.6 Å². The molecule has 0 unspecified atom stereocenters. The van der Waals surface area contributed by atoms with Gasteiger partial charge in [0, 0.05) is 19.2 Å². The van der Waals surface area contributed by atoms with Gasteiger partial charge in [-0.05, 0) is 25.1 Å². The first-order chi connectivity index (χ1) is 9.17. The number of rotatable bonds is 5. The van der Waals surface area contributed by atoms with Crippen molar-refractivity contribution in [2.24, 2.45) is 0 Å². The summed E-state index contributed by atoms with van der Waals surface area (Å²) in [7, 11) is 1.81. The molecule has 0 aliphatic carbocycles. The van der Waals surface area contributed by atoms with Crippen molar-refractivity contribution < 1.29 is 0 Å². The molecule has 0 saturated heterocycles. The molecular weight excluding hydrogens is 264 g/mol. The fourth-order valence-corrected chi connectivity index (χ4v) is 2.58. The smallest absolute Gasteiger partial charge is 0.343 e.